The van der Waals surface area contributed by atoms with Crippen molar-refractivity contribution < 1.29 is 9.90 Å². The maximum atomic E-state index is 13.1. The Hall–Kier alpha value is -2.77. The molecule has 3 aromatic rings. The van der Waals surface area contributed by atoms with Gasteiger partial charge in [0.25, 0.3) is 5.91 Å². The van der Waals surface area contributed by atoms with Crippen LogP contribution in [0.1, 0.15) is 64.5 Å². The molecule has 1 aliphatic heterocycles. The molecule has 0 bridgehead atoms. The van der Waals surface area contributed by atoms with Crippen molar-refractivity contribution in [3.8, 4) is 0 Å². The minimum atomic E-state index is -0.144. The zero-order valence-electron chi connectivity index (χ0n) is 18.8. The van der Waals surface area contributed by atoms with Crippen LogP contribution >= 0.6 is 0 Å². The van der Waals surface area contributed by atoms with Gasteiger partial charge in [-0.3, -0.25) is 14.4 Å². The van der Waals surface area contributed by atoms with Crippen molar-refractivity contribution in [3.05, 3.63) is 58.4 Å². The first-order valence-electron chi connectivity index (χ1n) is 11.6. The van der Waals surface area contributed by atoms with Crippen molar-refractivity contribution >= 4 is 16.9 Å². The van der Waals surface area contributed by atoms with Crippen LogP contribution in [0.15, 0.2) is 30.3 Å². The van der Waals surface area contributed by atoms with Gasteiger partial charge in [-0.15, -0.1) is 0 Å². The minimum Gasteiger partial charge on any atom is -0.393 e. The zero-order chi connectivity index (χ0) is 22.2. The number of aliphatic hydroxyl groups excluding tert-OH is 1. The Kier molecular flexibility index (Phi) is 5.69. The number of aliphatic hydroxyl groups is 1. The van der Waals surface area contributed by atoms with E-state index >= 15 is 0 Å². The van der Waals surface area contributed by atoms with E-state index in [4.69, 9.17) is 4.98 Å². The summed E-state index contributed by atoms with van der Waals surface area (Å²) < 4.78 is 1.77. The fourth-order valence-electron chi connectivity index (χ4n) is 4.61. The second kappa shape index (κ2) is 8.64. The lowest BCUT2D eigenvalue weighted by molar-refractivity contribution is 0.0792. The number of carbonyl (C=O) groups is 1. The third-order valence-electron chi connectivity index (χ3n) is 6.67. The standard InChI is InChI=1S/C25H31N5O2/c1-16-23-21(13-22(19-7-8-19)27-24(23)29(2)28-16)25(32)26-14-17-3-5-18(6-4-17)15-30-11-9-20(31)10-12-30/h3-6,13,19-20,31H,7-12,14-15H2,1-2H3,(H,26,32). The Morgan fingerprint density at radius 3 is 2.50 bits per heavy atom. The van der Waals surface area contributed by atoms with Gasteiger partial charge in [0.05, 0.1) is 22.7 Å². The smallest absolute Gasteiger partial charge is 0.252 e. The Morgan fingerprint density at radius 1 is 1.12 bits per heavy atom. The van der Waals surface area contributed by atoms with Crippen molar-refractivity contribution in [2.45, 2.75) is 57.7 Å². The van der Waals surface area contributed by atoms with Crippen LogP contribution in [0.4, 0.5) is 0 Å². The highest BCUT2D eigenvalue weighted by atomic mass is 16.3. The summed E-state index contributed by atoms with van der Waals surface area (Å²) >= 11 is 0. The van der Waals surface area contributed by atoms with Gasteiger partial charge in [-0.1, -0.05) is 24.3 Å². The molecule has 0 unspecified atom stereocenters. The number of hydrogen-bond donors (Lipinski definition) is 2. The van der Waals surface area contributed by atoms with Crippen molar-refractivity contribution in [3.63, 3.8) is 0 Å². The molecule has 3 heterocycles. The number of amides is 1. The van der Waals surface area contributed by atoms with E-state index < -0.39 is 0 Å². The number of pyridine rings is 1. The van der Waals surface area contributed by atoms with Crippen LogP contribution < -0.4 is 5.32 Å². The predicted molar refractivity (Wildman–Crippen MR) is 123 cm³/mol. The van der Waals surface area contributed by atoms with Gasteiger partial charge in [0, 0.05) is 44.8 Å². The van der Waals surface area contributed by atoms with Gasteiger partial charge < -0.3 is 10.4 Å². The average Bonchev–Trinajstić information content (AvgIpc) is 3.60. The number of aryl methyl sites for hydroxylation is 2. The molecule has 1 amide bonds. The first-order valence-corrected chi connectivity index (χ1v) is 11.6. The van der Waals surface area contributed by atoms with Gasteiger partial charge in [0.15, 0.2) is 5.65 Å². The Balaban J connectivity index is 1.26. The molecule has 7 nitrogen and oxygen atoms in total. The molecular weight excluding hydrogens is 402 g/mol. The van der Waals surface area contributed by atoms with E-state index in [1.165, 1.54) is 5.56 Å². The summed E-state index contributed by atoms with van der Waals surface area (Å²) in [5, 5.41) is 18.1. The SMILES string of the molecule is Cc1nn(C)c2nc(C3CC3)cc(C(=O)NCc3ccc(CN4CCC(O)CC4)cc3)c12. The predicted octanol–water partition coefficient (Wildman–Crippen LogP) is 3.04. The number of aromatic nitrogens is 3. The Labute approximate surface area is 188 Å². The van der Waals surface area contributed by atoms with E-state index in [0.29, 0.717) is 18.0 Å². The molecule has 32 heavy (non-hydrogen) atoms. The van der Waals surface area contributed by atoms with E-state index in [9.17, 15) is 9.90 Å². The van der Waals surface area contributed by atoms with Crippen molar-refractivity contribution in [2.75, 3.05) is 13.1 Å². The normalized spacial score (nSPS) is 17.7. The topological polar surface area (TPSA) is 83.3 Å². The number of nitrogens with zero attached hydrogens (tertiary/aromatic N) is 4. The van der Waals surface area contributed by atoms with Crippen molar-refractivity contribution in [1.29, 1.82) is 0 Å². The Morgan fingerprint density at radius 2 is 1.81 bits per heavy atom. The summed E-state index contributed by atoms with van der Waals surface area (Å²) in [6.45, 7) is 5.20. The molecule has 2 aromatic heterocycles. The maximum Gasteiger partial charge on any atom is 0.252 e. The third-order valence-corrected chi connectivity index (χ3v) is 6.67. The van der Waals surface area contributed by atoms with E-state index in [-0.39, 0.29) is 12.0 Å². The van der Waals surface area contributed by atoms with Crippen LogP contribution in [0.5, 0.6) is 0 Å². The number of benzene rings is 1. The fourth-order valence-corrected chi connectivity index (χ4v) is 4.61. The molecule has 1 saturated carbocycles. The minimum absolute atomic E-state index is 0.0775. The van der Waals surface area contributed by atoms with Gasteiger partial charge in [-0.25, -0.2) is 4.98 Å². The highest BCUT2D eigenvalue weighted by Crippen LogP contribution is 2.40. The number of hydrogen-bond acceptors (Lipinski definition) is 5. The monoisotopic (exact) mass is 433 g/mol. The van der Waals surface area contributed by atoms with E-state index in [0.717, 1.165) is 73.3 Å². The molecule has 2 aliphatic rings. The summed E-state index contributed by atoms with van der Waals surface area (Å²) in [7, 11) is 1.88. The van der Waals surface area contributed by atoms with Crippen molar-refractivity contribution in [1.82, 2.24) is 25.0 Å². The van der Waals surface area contributed by atoms with E-state index in [1.54, 1.807) is 4.68 Å². The van der Waals surface area contributed by atoms with Crippen LogP contribution in [0.3, 0.4) is 0 Å². The van der Waals surface area contributed by atoms with Gasteiger partial charge in [0.1, 0.15) is 0 Å². The molecule has 2 fully saturated rings. The molecule has 5 rings (SSSR count). The molecule has 0 atom stereocenters. The maximum absolute atomic E-state index is 13.1. The third kappa shape index (κ3) is 4.40. The summed E-state index contributed by atoms with van der Waals surface area (Å²) in [5.74, 6) is 0.392. The lowest BCUT2D eigenvalue weighted by Gasteiger charge is -2.29. The van der Waals surface area contributed by atoms with Crippen molar-refractivity contribution in [2.24, 2.45) is 7.05 Å². The lowest BCUT2D eigenvalue weighted by Crippen LogP contribution is -2.35. The summed E-state index contributed by atoms with van der Waals surface area (Å²) in [4.78, 5) is 20.3. The molecular formula is C25H31N5O2. The molecule has 0 spiro atoms. The number of piperidine rings is 1. The molecule has 1 aromatic carbocycles. The molecule has 0 radical (unpaired) electrons. The summed E-state index contributed by atoms with van der Waals surface area (Å²) in [6, 6.07) is 10.4. The zero-order valence-corrected chi connectivity index (χ0v) is 18.8. The number of carbonyl (C=O) groups excluding carboxylic acids is 1. The second-order valence-electron chi connectivity index (χ2n) is 9.28. The van der Waals surface area contributed by atoms with E-state index in [2.05, 4.69) is 39.6 Å². The van der Waals surface area contributed by atoms with Gasteiger partial charge in [-0.05, 0) is 49.8 Å². The molecule has 2 N–H and O–H groups in total. The number of fused-ring (bicyclic) bond motifs is 1. The largest absolute Gasteiger partial charge is 0.393 e. The summed E-state index contributed by atoms with van der Waals surface area (Å²) in [6.07, 6.45) is 3.84. The number of likely N-dealkylation sites (tertiary alicyclic amines) is 1. The van der Waals surface area contributed by atoms with Crippen LogP contribution in [0, 0.1) is 6.92 Å². The molecule has 1 saturated heterocycles. The second-order valence-corrected chi connectivity index (χ2v) is 9.28. The molecule has 1 aliphatic carbocycles. The summed E-state index contributed by atoms with van der Waals surface area (Å²) in [5.41, 5.74) is 5.62. The lowest BCUT2D eigenvalue weighted by atomic mass is 10.1. The van der Waals surface area contributed by atoms with Crippen LogP contribution in [-0.2, 0) is 20.1 Å². The number of rotatable bonds is 6. The average molecular weight is 434 g/mol. The van der Waals surface area contributed by atoms with Crippen LogP contribution in [0.2, 0.25) is 0 Å². The van der Waals surface area contributed by atoms with E-state index in [1.807, 2.05) is 20.0 Å². The van der Waals surface area contributed by atoms with Gasteiger partial charge >= 0.3 is 0 Å². The van der Waals surface area contributed by atoms with Crippen LogP contribution in [0.25, 0.3) is 11.0 Å². The molecule has 7 heteroatoms. The van der Waals surface area contributed by atoms with Gasteiger partial charge in [0.2, 0.25) is 0 Å². The first-order chi connectivity index (χ1) is 15.5. The van der Waals surface area contributed by atoms with Crippen LogP contribution in [-0.4, -0.2) is 49.9 Å². The molecule has 168 valence electrons. The fraction of sp³-hybridized carbons (Fsp3) is 0.480. The van der Waals surface area contributed by atoms with Gasteiger partial charge in [-0.2, -0.15) is 5.10 Å². The highest BCUT2D eigenvalue weighted by molar-refractivity contribution is 6.06. The Bertz CT molecular complexity index is 1130. The highest BCUT2D eigenvalue weighted by Gasteiger charge is 2.28. The quantitative estimate of drug-likeness (QED) is 0.624. The first kappa shape index (κ1) is 21.1. The number of nitrogens with one attached hydrogen (secondary N) is 1.